The molecule has 3 fully saturated rings. The van der Waals surface area contributed by atoms with Crippen LogP contribution in [0.3, 0.4) is 0 Å². The number of rotatable bonds is 5. The van der Waals surface area contributed by atoms with Gasteiger partial charge in [0.05, 0.1) is 30.4 Å². The largest absolute Gasteiger partial charge is 0.378 e. The van der Waals surface area contributed by atoms with Crippen LogP contribution in [0, 0.1) is 5.82 Å². The minimum Gasteiger partial charge on any atom is -0.378 e. The number of nitrogens with one attached hydrogen (secondary N) is 1. The predicted molar refractivity (Wildman–Crippen MR) is 150 cm³/mol. The van der Waals surface area contributed by atoms with Gasteiger partial charge in [0, 0.05) is 43.6 Å². The first kappa shape index (κ1) is 26.9. The van der Waals surface area contributed by atoms with Crippen LogP contribution in [0.15, 0.2) is 34.2 Å². The monoisotopic (exact) mass is 569 g/mol. The van der Waals surface area contributed by atoms with Gasteiger partial charge in [-0.25, -0.2) is 24.1 Å². The standard InChI is InChI=1S/C27H32FN7O4S/c28-18-13-22-23(29-16-18)34(21-5-11-40-12-6-21)27(38)35(25(22)37)20-3-1-19(2-4-20)32-24(36)17-14-30-26(31-15-17)33-7-9-39-10-8-33/h13-16,19-21H,1-12H2,(H,32,36). The number of amides is 1. The lowest BCUT2D eigenvalue weighted by atomic mass is 9.90. The molecule has 3 aromatic rings. The van der Waals surface area contributed by atoms with E-state index < -0.39 is 11.4 Å². The molecule has 0 spiro atoms. The molecule has 1 saturated carbocycles. The van der Waals surface area contributed by atoms with E-state index in [1.165, 1.54) is 23.0 Å². The fourth-order valence-corrected chi connectivity index (χ4v) is 6.99. The van der Waals surface area contributed by atoms with Crippen LogP contribution in [0.25, 0.3) is 11.0 Å². The number of nitrogens with zero attached hydrogens (tertiary/aromatic N) is 6. The van der Waals surface area contributed by atoms with Crippen LogP contribution < -0.4 is 21.5 Å². The van der Waals surface area contributed by atoms with E-state index in [0.29, 0.717) is 63.5 Å². The Bertz CT molecular complexity index is 1490. The Morgan fingerprint density at radius 1 is 0.925 bits per heavy atom. The molecule has 0 unspecified atom stereocenters. The molecule has 3 aromatic heterocycles. The van der Waals surface area contributed by atoms with E-state index in [-0.39, 0.29) is 40.8 Å². The molecule has 11 nitrogen and oxygen atoms in total. The Balaban J connectivity index is 1.17. The molecule has 0 atom stereocenters. The van der Waals surface area contributed by atoms with Crippen LogP contribution in [0.1, 0.15) is 61.0 Å². The second kappa shape index (κ2) is 11.7. The van der Waals surface area contributed by atoms with Crippen molar-refractivity contribution in [1.29, 1.82) is 0 Å². The van der Waals surface area contributed by atoms with Gasteiger partial charge in [-0.2, -0.15) is 11.8 Å². The van der Waals surface area contributed by atoms with Crippen molar-refractivity contribution < 1.29 is 13.9 Å². The van der Waals surface area contributed by atoms with Crippen molar-refractivity contribution in [3.05, 3.63) is 56.9 Å². The summed E-state index contributed by atoms with van der Waals surface area (Å²) >= 11 is 1.84. The molecule has 1 amide bonds. The number of carbonyl (C=O) groups excluding carboxylic acids is 1. The van der Waals surface area contributed by atoms with E-state index in [1.54, 1.807) is 4.57 Å². The first-order chi connectivity index (χ1) is 19.5. The Hall–Kier alpha value is -3.32. The molecule has 13 heteroatoms. The van der Waals surface area contributed by atoms with Crippen molar-refractivity contribution in [1.82, 2.24) is 29.4 Å². The zero-order chi connectivity index (χ0) is 27.6. The molecule has 5 heterocycles. The molecule has 212 valence electrons. The van der Waals surface area contributed by atoms with Crippen molar-refractivity contribution in [2.75, 3.05) is 42.7 Å². The van der Waals surface area contributed by atoms with Crippen LogP contribution in [0.4, 0.5) is 10.3 Å². The molecule has 1 aliphatic carbocycles. The highest BCUT2D eigenvalue weighted by Crippen LogP contribution is 2.30. The van der Waals surface area contributed by atoms with E-state index in [9.17, 15) is 18.8 Å². The molecule has 6 rings (SSSR count). The third kappa shape index (κ3) is 5.36. The summed E-state index contributed by atoms with van der Waals surface area (Å²) in [7, 11) is 0. The number of fused-ring (bicyclic) bond motifs is 1. The van der Waals surface area contributed by atoms with E-state index in [0.717, 1.165) is 30.5 Å². The number of pyridine rings is 1. The summed E-state index contributed by atoms with van der Waals surface area (Å²) in [6.07, 6.45) is 8.03. The maximum absolute atomic E-state index is 14.1. The van der Waals surface area contributed by atoms with Crippen molar-refractivity contribution in [2.45, 2.75) is 56.7 Å². The van der Waals surface area contributed by atoms with Crippen molar-refractivity contribution >= 4 is 34.7 Å². The topological polar surface area (TPSA) is 124 Å². The van der Waals surface area contributed by atoms with Crippen LogP contribution in [0.2, 0.25) is 0 Å². The summed E-state index contributed by atoms with van der Waals surface area (Å²) in [5.41, 5.74) is -0.239. The maximum atomic E-state index is 14.1. The molecular formula is C27H32FN7O4S. The number of carbonyl (C=O) groups is 1. The number of anilines is 1. The summed E-state index contributed by atoms with van der Waals surface area (Å²) in [5.74, 6) is 1.57. The molecule has 2 aliphatic heterocycles. The lowest BCUT2D eigenvalue weighted by molar-refractivity contribution is 0.0921. The van der Waals surface area contributed by atoms with E-state index in [4.69, 9.17) is 4.74 Å². The molecule has 0 radical (unpaired) electrons. The van der Waals surface area contributed by atoms with Gasteiger partial charge in [-0.3, -0.25) is 18.7 Å². The first-order valence-corrected chi connectivity index (χ1v) is 15.0. The third-order valence-corrected chi connectivity index (χ3v) is 9.12. The SMILES string of the molecule is O=C(NC1CCC(n2c(=O)c3cc(F)cnc3n(C3CCSCC3)c2=O)CC1)c1cnc(N2CCOCC2)nc1. The normalized spacial score (nSPS) is 22.4. The Labute approximate surface area is 234 Å². The number of hydrogen-bond acceptors (Lipinski definition) is 9. The summed E-state index contributed by atoms with van der Waals surface area (Å²) in [4.78, 5) is 55.0. The highest BCUT2D eigenvalue weighted by atomic mass is 32.2. The van der Waals surface area contributed by atoms with Crippen molar-refractivity contribution in [3.63, 3.8) is 0 Å². The average molecular weight is 570 g/mol. The van der Waals surface area contributed by atoms with Gasteiger partial charge in [-0.15, -0.1) is 0 Å². The molecule has 0 bridgehead atoms. The zero-order valence-electron chi connectivity index (χ0n) is 22.1. The number of ether oxygens (including phenoxy) is 1. The molecule has 2 saturated heterocycles. The van der Waals surface area contributed by atoms with Crippen molar-refractivity contribution in [3.8, 4) is 0 Å². The van der Waals surface area contributed by atoms with E-state index in [2.05, 4.69) is 20.3 Å². The quantitative estimate of drug-likeness (QED) is 0.493. The van der Waals surface area contributed by atoms with Gasteiger partial charge >= 0.3 is 5.69 Å². The van der Waals surface area contributed by atoms with Gasteiger partial charge in [0.1, 0.15) is 11.5 Å². The van der Waals surface area contributed by atoms with Crippen LogP contribution in [0.5, 0.6) is 0 Å². The maximum Gasteiger partial charge on any atom is 0.333 e. The van der Waals surface area contributed by atoms with E-state index in [1.807, 2.05) is 16.7 Å². The third-order valence-electron chi connectivity index (χ3n) is 8.07. The van der Waals surface area contributed by atoms with E-state index >= 15 is 0 Å². The Morgan fingerprint density at radius 2 is 1.60 bits per heavy atom. The highest BCUT2D eigenvalue weighted by molar-refractivity contribution is 7.99. The van der Waals surface area contributed by atoms with Crippen LogP contribution >= 0.6 is 11.8 Å². The van der Waals surface area contributed by atoms with Gasteiger partial charge in [-0.05, 0) is 56.1 Å². The number of morpholine rings is 1. The van der Waals surface area contributed by atoms with Gasteiger partial charge in [0.15, 0.2) is 0 Å². The Kier molecular flexibility index (Phi) is 7.83. The summed E-state index contributed by atoms with van der Waals surface area (Å²) in [5, 5.41) is 3.18. The summed E-state index contributed by atoms with van der Waals surface area (Å²) in [6.45, 7) is 2.68. The minimum atomic E-state index is -0.603. The van der Waals surface area contributed by atoms with Gasteiger partial charge in [-0.1, -0.05) is 0 Å². The van der Waals surface area contributed by atoms with Crippen molar-refractivity contribution in [2.24, 2.45) is 0 Å². The molecular weight excluding hydrogens is 537 g/mol. The highest BCUT2D eigenvalue weighted by Gasteiger charge is 2.30. The predicted octanol–water partition coefficient (Wildman–Crippen LogP) is 2.31. The zero-order valence-corrected chi connectivity index (χ0v) is 22.9. The van der Waals surface area contributed by atoms with Gasteiger partial charge in [0.2, 0.25) is 5.95 Å². The summed E-state index contributed by atoms with van der Waals surface area (Å²) in [6, 6.07) is 0.678. The first-order valence-electron chi connectivity index (χ1n) is 13.8. The van der Waals surface area contributed by atoms with Gasteiger partial charge in [0.25, 0.3) is 11.5 Å². The smallest absolute Gasteiger partial charge is 0.333 e. The fourth-order valence-electron chi connectivity index (χ4n) is 5.91. The lowest BCUT2D eigenvalue weighted by Crippen LogP contribution is -2.46. The molecule has 1 N–H and O–H groups in total. The summed E-state index contributed by atoms with van der Waals surface area (Å²) < 4.78 is 22.4. The van der Waals surface area contributed by atoms with Gasteiger partial charge < -0.3 is 15.0 Å². The lowest BCUT2D eigenvalue weighted by Gasteiger charge is -2.31. The second-order valence-corrected chi connectivity index (χ2v) is 11.8. The average Bonchev–Trinajstić information content (AvgIpc) is 2.99. The molecule has 40 heavy (non-hydrogen) atoms. The van der Waals surface area contributed by atoms with Crippen LogP contribution in [-0.4, -0.2) is 73.8 Å². The fraction of sp³-hybridized carbons (Fsp3) is 0.556. The number of aromatic nitrogens is 5. The number of halogens is 1. The number of thioether (sulfide) groups is 1. The second-order valence-electron chi connectivity index (χ2n) is 10.5. The number of hydrogen-bond donors (Lipinski definition) is 1. The molecule has 0 aromatic carbocycles. The minimum absolute atomic E-state index is 0.0754. The Morgan fingerprint density at radius 3 is 2.30 bits per heavy atom. The molecule has 3 aliphatic rings. The van der Waals surface area contributed by atoms with Crippen LogP contribution in [-0.2, 0) is 4.74 Å².